The fraction of sp³-hybridized carbons (Fsp3) is 0.636. The topological polar surface area (TPSA) is 49.4 Å². The lowest BCUT2D eigenvalue weighted by atomic mass is 10.2. The van der Waals surface area contributed by atoms with Gasteiger partial charge in [0.05, 0.1) is 6.04 Å². The molecule has 0 radical (unpaired) electrons. The molecule has 4 nitrogen and oxygen atoms in total. The molecule has 1 unspecified atom stereocenters. The third kappa shape index (κ3) is 3.38. The van der Waals surface area contributed by atoms with Gasteiger partial charge in [0.1, 0.15) is 0 Å². The van der Waals surface area contributed by atoms with E-state index in [2.05, 4.69) is 5.32 Å². The molecule has 0 aromatic heterocycles. The molecule has 1 aliphatic heterocycles. The molecule has 84 valence electrons. The predicted molar refractivity (Wildman–Crippen MR) is 58.2 cm³/mol. The Morgan fingerprint density at radius 3 is 2.87 bits per heavy atom. The predicted octanol–water partition coefficient (Wildman–Crippen LogP) is 0.690. The minimum atomic E-state index is -0.104. The van der Waals surface area contributed by atoms with Crippen molar-refractivity contribution in [3.63, 3.8) is 0 Å². The third-order valence-electron chi connectivity index (χ3n) is 2.45. The second-order valence-corrected chi connectivity index (χ2v) is 3.65. The molecule has 0 spiro atoms. The zero-order valence-electron chi connectivity index (χ0n) is 9.32. The van der Waals surface area contributed by atoms with Gasteiger partial charge in [-0.05, 0) is 19.4 Å². The molecule has 15 heavy (non-hydrogen) atoms. The van der Waals surface area contributed by atoms with Gasteiger partial charge in [-0.15, -0.1) is 0 Å². The summed E-state index contributed by atoms with van der Waals surface area (Å²) in [7, 11) is 0. The van der Waals surface area contributed by atoms with Crippen LogP contribution in [0.3, 0.4) is 0 Å². The number of carbonyl (C=O) groups excluding carboxylic acids is 2. The lowest BCUT2D eigenvalue weighted by Crippen LogP contribution is -2.36. The Hall–Kier alpha value is -1.32. The number of nitrogens with one attached hydrogen (secondary N) is 1. The van der Waals surface area contributed by atoms with Crippen molar-refractivity contribution in [1.82, 2.24) is 10.2 Å². The van der Waals surface area contributed by atoms with E-state index < -0.39 is 0 Å². The molecule has 1 aliphatic rings. The zero-order chi connectivity index (χ0) is 11.3. The number of amides is 2. The molecule has 0 bridgehead atoms. The van der Waals surface area contributed by atoms with Gasteiger partial charge in [-0.2, -0.15) is 0 Å². The Kier molecular flexibility index (Phi) is 4.34. The molecular weight excluding hydrogens is 192 g/mol. The summed E-state index contributed by atoms with van der Waals surface area (Å²) in [5, 5.41) is 2.82. The Morgan fingerprint density at radius 1 is 1.60 bits per heavy atom. The highest BCUT2D eigenvalue weighted by Crippen LogP contribution is 2.10. The van der Waals surface area contributed by atoms with Crippen molar-refractivity contribution in [2.45, 2.75) is 32.7 Å². The van der Waals surface area contributed by atoms with Crippen LogP contribution < -0.4 is 5.32 Å². The molecule has 1 N–H and O–H groups in total. The maximum absolute atomic E-state index is 11.4. The van der Waals surface area contributed by atoms with Crippen molar-refractivity contribution >= 4 is 11.8 Å². The molecule has 1 fully saturated rings. The Bertz CT molecular complexity index is 274. The molecule has 1 atom stereocenters. The van der Waals surface area contributed by atoms with Gasteiger partial charge in [-0.25, -0.2) is 0 Å². The second-order valence-electron chi connectivity index (χ2n) is 3.65. The van der Waals surface area contributed by atoms with E-state index in [-0.39, 0.29) is 17.9 Å². The quantitative estimate of drug-likeness (QED) is 0.694. The van der Waals surface area contributed by atoms with Crippen LogP contribution in [0.4, 0.5) is 0 Å². The molecule has 1 rings (SSSR count). The molecule has 0 aromatic rings. The maximum Gasteiger partial charge on any atom is 0.243 e. The lowest BCUT2D eigenvalue weighted by Gasteiger charge is -2.13. The number of likely N-dealkylation sites (tertiary alicyclic amines) is 1. The summed E-state index contributed by atoms with van der Waals surface area (Å²) < 4.78 is 0. The van der Waals surface area contributed by atoms with Crippen LogP contribution in [0.1, 0.15) is 26.7 Å². The van der Waals surface area contributed by atoms with Crippen molar-refractivity contribution in [3.8, 4) is 0 Å². The minimum absolute atomic E-state index is 0.0218. The van der Waals surface area contributed by atoms with Crippen LogP contribution in [0.15, 0.2) is 12.2 Å². The fourth-order valence-corrected chi connectivity index (χ4v) is 1.65. The number of hydrogen-bond donors (Lipinski definition) is 1. The average molecular weight is 210 g/mol. The number of nitrogens with zero attached hydrogens (tertiary/aromatic N) is 1. The first-order valence-corrected chi connectivity index (χ1v) is 5.42. The van der Waals surface area contributed by atoms with Crippen molar-refractivity contribution in [2.24, 2.45) is 0 Å². The molecule has 1 saturated heterocycles. The van der Waals surface area contributed by atoms with Gasteiger partial charge in [0.15, 0.2) is 0 Å². The van der Waals surface area contributed by atoms with Gasteiger partial charge >= 0.3 is 0 Å². The largest absolute Gasteiger partial charge is 0.348 e. The summed E-state index contributed by atoms with van der Waals surface area (Å²) in [6, 6.07) is -0.0218. The first kappa shape index (κ1) is 11.8. The van der Waals surface area contributed by atoms with Crippen molar-refractivity contribution in [1.29, 1.82) is 0 Å². The van der Waals surface area contributed by atoms with E-state index >= 15 is 0 Å². The molecular formula is C11H18N2O2. The van der Waals surface area contributed by atoms with Crippen molar-refractivity contribution < 1.29 is 9.59 Å². The first-order valence-electron chi connectivity index (χ1n) is 5.42. The Morgan fingerprint density at radius 2 is 2.33 bits per heavy atom. The summed E-state index contributed by atoms with van der Waals surface area (Å²) in [6.45, 7) is 5.28. The molecule has 0 aromatic carbocycles. The van der Waals surface area contributed by atoms with Crippen LogP contribution in [0.25, 0.3) is 0 Å². The van der Waals surface area contributed by atoms with Crippen LogP contribution in [0.5, 0.6) is 0 Å². The van der Waals surface area contributed by atoms with Crippen LogP contribution >= 0.6 is 0 Å². The monoisotopic (exact) mass is 210 g/mol. The highest BCUT2D eigenvalue weighted by Gasteiger charge is 2.28. The average Bonchev–Trinajstić information content (AvgIpc) is 2.55. The summed E-state index contributed by atoms with van der Waals surface area (Å²) in [4.78, 5) is 24.5. The summed E-state index contributed by atoms with van der Waals surface area (Å²) in [5.74, 6) is 0.0230. The third-order valence-corrected chi connectivity index (χ3v) is 2.45. The molecule has 2 amide bonds. The van der Waals surface area contributed by atoms with Gasteiger partial charge < -0.3 is 10.2 Å². The zero-order valence-corrected chi connectivity index (χ0v) is 9.32. The van der Waals surface area contributed by atoms with Gasteiger partial charge in [-0.3, -0.25) is 9.59 Å². The van der Waals surface area contributed by atoms with E-state index in [9.17, 15) is 9.59 Å². The molecule has 0 saturated carbocycles. The van der Waals surface area contributed by atoms with Gasteiger partial charge in [0, 0.05) is 19.5 Å². The summed E-state index contributed by atoms with van der Waals surface area (Å²) in [6.07, 6.45) is 4.61. The van der Waals surface area contributed by atoms with Gasteiger partial charge in [0.2, 0.25) is 11.8 Å². The number of rotatable bonds is 4. The van der Waals surface area contributed by atoms with E-state index in [0.29, 0.717) is 13.0 Å². The number of allylic oxidation sites excluding steroid dienone is 1. The number of hydrogen-bond acceptors (Lipinski definition) is 2. The van der Waals surface area contributed by atoms with Gasteiger partial charge in [-0.1, -0.05) is 13.0 Å². The van der Waals surface area contributed by atoms with Crippen molar-refractivity contribution in [3.05, 3.63) is 12.2 Å². The van der Waals surface area contributed by atoms with E-state index in [4.69, 9.17) is 0 Å². The van der Waals surface area contributed by atoms with Gasteiger partial charge in [0.25, 0.3) is 0 Å². The molecule has 0 aliphatic carbocycles. The van der Waals surface area contributed by atoms with Crippen LogP contribution in [0, 0.1) is 0 Å². The van der Waals surface area contributed by atoms with E-state index in [1.807, 2.05) is 19.9 Å². The highest BCUT2D eigenvalue weighted by molar-refractivity contribution is 5.89. The number of likely N-dealkylation sites (N-methyl/N-ethyl adjacent to an activating group) is 1. The molecule has 4 heteroatoms. The minimum Gasteiger partial charge on any atom is -0.348 e. The van der Waals surface area contributed by atoms with Crippen LogP contribution in [-0.2, 0) is 9.59 Å². The van der Waals surface area contributed by atoms with E-state index in [1.165, 1.54) is 6.08 Å². The van der Waals surface area contributed by atoms with E-state index in [1.54, 1.807) is 4.90 Å². The maximum atomic E-state index is 11.4. The Balaban J connectivity index is 2.38. The van der Waals surface area contributed by atoms with Crippen molar-refractivity contribution in [2.75, 3.05) is 13.1 Å². The standard InChI is InChI=1S/C11H18N2O2/c1-3-5-6-10(14)12-9-7-11(15)13(4-2)8-9/h5-6,9H,3-4,7-8H2,1-2H3,(H,12,14)/b6-5+. The van der Waals surface area contributed by atoms with Crippen LogP contribution in [0.2, 0.25) is 0 Å². The number of carbonyl (C=O) groups is 2. The first-order chi connectivity index (χ1) is 7.17. The summed E-state index contributed by atoms with van der Waals surface area (Å²) in [5.41, 5.74) is 0. The highest BCUT2D eigenvalue weighted by atomic mass is 16.2. The van der Waals surface area contributed by atoms with Crippen LogP contribution in [-0.4, -0.2) is 35.8 Å². The molecule has 1 heterocycles. The second kappa shape index (κ2) is 5.53. The summed E-state index contributed by atoms with van der Waals surface area (Å²) >= 11 is 0. The smallest absolute Gasteiger partial charge is 0.243 e. The van der Waals surface area contributed by atoms with E-state index in [0.717, 1.165) is 13.0 Å². The lowest BCUT2D eigenvalue weighted by molar-refractivity contribution is -0.127. The fourth-order valence-electron chi connectivity index (χ4n) is 1.65. The Labute approximate surface area is 90.3 Å². The normalized spacial score (nSPS) is 21.3. The SMILES string of the molecule is CC/C=C/C(=O)NC1CC(=O)N(CC)C1.